The second-order valence-corrected chi connectivity index (χ2v) is 4.08. The number of carboxylic acid groups (broad SMARTS) is 1. The van der Waals surface area contributed by atoms with Crippen molar-refractivity contribution >= 4 is 29.4 Å². The number of aliphatic carboxylic acids is 1. The number of carbonyl (C=O) groups is 2. The Labute approximate surface area is 95.4 Å². The lowest BCUT2D eigenvalue weighted by Gasteiger charge is -2.09. The Morgan fingerprint density at radius 1 is 1.69 bits per heavy atom. The Bertz CT molecular complexity index is 433. The van der Waals surface area contributed by atoms with Gasteiger partial charge in [-0.05, 0) is 0 Å². The van der Waals surface area contributed by atoms with Crippen LogP contribution in [0.25, 0.3) is 0 Å². The number of nitrogens with zero attached hydrogens (tertiary/aromatic N) is 3. The SMILES string of the molecule is O=C(O)Cc1nc(N2CC(Cl)CC2=O)n[nH]1. The second kappa shape index (κ2) is 4.09. The molecule has 0 spiro atoms. The molecule has 0 radical (unpaired) electrons. The molecule has 7 nitrogen and oxygen atoms in total. The van der Waals surface area contributed by atoms with Crippen molar-refractivity contribution < 1.29 is 14.7 Å². The van der Waals surface area contributed by atoms with Crippen LogP contribution < -0.4 is 4.90 Å². The number of nitrogens with one attached hydrogen (secondary N) is 1. The zero-order chi connectivity index (χ0) is 11.7. The molecule has 0 aromatic carbocycles. The lowest BCUT2D eigenvalue weighted by Crippen LogP contribution is -2.25. The van der Waals surface area contributed by atoms with E-state index in [1.807, 2.05) is 0 Å². The summed E-state index contributed by atoms with van der Waals surface area (Å²) in [6.07, 6.45) is 0.00366. The molecule has 1 aromatic heterocycles. The van der Waals surface area contributed by atoms with Gasteiger partial charge in [-0.15, -0.1) is 16.7 Å². The van der Waals surface area contributed by atoms with Crippen LogP contribution in [0, 0.1) is 0 Å². The summed E-state index contributed by atoms with van der Waals surface area (Å²) in [7, 11) is 0. The highest BCUT2D eigenvalue weighted by Crippen LogP contribution is 2.20. The van der Waals surface area contributed by atoms with Gasteiger partial charge in [0, 0.05) is 13.0 Å². The Morgan fingerprint density at radius 3 is 3.00 bits per heavy atom. The van der Waals surface area contributed by atoms with Crippen LogP contribution in [0.15, 0.2) is 0 Å². The van der Waals surface area contributed by atoms with Gasteiger partial charge in [-0.25, -0.2) is 0 Å². The van der Waals surface area contributed by atoms with Gasteiger partial charge in [-0.1, -0.05) is 0 Å². The molecule has 1 amide bonds. The number of carbonyl (C=O) groups excluding carboxylic acids is 1. The second-order valence-electron chi connectivity index (χ2n) is 3.46. The molecule has 2 rings (SSSR count). The molecule has 2 heterocycles. The average molecular weight is 245 g/mol. The van der Waals surface area contributed by atoms with Gasteiger partial charge < -0.3 is 5.11 Å². The van der Waals surface area contributed by atoms with Gasteiger partial charge in [0.05, 0.1) is 5.38 Å². The molecule has 0 bridgehead atoms. The van der Waals surface area contributed by atoms with Gasteiger partial charge >= 0.3 is 5.97 Å². The van der Waals surface area contributed by atoms with Crippen molar-refractivity contribution in [2.24, 2.45) is 0 Å². The number of anilines is 1. The number of rotatable bonds is 3. The van der Waals surface area contributed by atoms with E-state index in [4.69, 9.17) is 16.7 Å². The maximum Gasteiger partial charge on any atom is 0.311 e. The molecule has 8 heteroatoms. The molecule has 1 fully saturated rings. The van der Waals surface area contributed by atoms with Gasteiger partial charge in [0.15, 0.2) is 0 Å². The molecule has 1 aliphatic rings. The molecular formula is C8H9ClN4O3. The third-order valence-corrected chi connectivity index (χ3v) is 2.45. The van der Waals surface area contributed by atoms with Gasteiger partial charge in [0.25, 0.3) is 5.95 Å². The third kappa shape index (κ3) is 2.13. The molecule has 0 aliphatic carbocycles. The summed E-state index contributed by atoms with van der Waals surface area (Å²) in [5.74, 6) is -0.760. The Balaban J connectivity index is 2.13. The first-order chi connectivity index (χ1) is 7.56. The minimum Gasteiger partial charge on any atom is -0.481 e. The highest BCUT2D eigenvalue weighted by Gasteiger charge is 2.31. The number of hydrogen-bond acceptors (Lipinski definition) is 4. The lowest BCUT2D eigenvalue weighted by atomic mass is 10.4. The summed E-state index contributed by atoms with van der Waals surface area (Å²) in [6, 6.07) is 0. The number of aromatic amines is 1. The van der Waals surface area contributed by atoms with Crippen LogP contribution in [-0.2, 0) is 16.0 Å². The van der Waals surface area contributed by atoms with Crippen LogP contribution in [0.3, 0.4) is 0 Å². The maximum absolute atomic E-state index is 11.4. The normalized spacial score (nSPS) is 20.4. The highest BCUT2D eigenvalue weighted by molar-refractivity contribution is 6.24. The molecule has 16 heavy (non-hydrogen) atoms. The van der Waals surface area contributed by atoms with E-state index >= 15 is 0 Å². The average Bonchev–Trinajstić information content (AvgIpc) is 2.72. The fourth-order valence-corrected chi connectivity index (χ4v) is 1.76. The van der Waals surface area contributed by atoms with E-state index in [2.05, 4.69) is 15.2 Å². The summed E-state index contributed by atoms with van der Waals surface area (Å²) >= 11 is 5.82. The predicted octanol–water partition coefficient (Wildman–Crippen LogP) is -0.224. The predicted molar refractivity (Wildman–Crippen MR) is 54.3 cm³/mol. The number of carboxylic acids is 1. The van der Waals surface area contributed by atoms with Gasteiger partial charge in [0.1, 0.15) is 12.2 Å². The summed E-state index contributed by atoms with van der Waals surface area (Å²) in [6.45, 7) is 0.352. The smallest absolute Gasteiger partial charge is 0.311 e. The van der Waals surface area contributed by atoms with Crippen molar-refractivity contribution in [3.63, 3.8) is 0 Å². The van der Waals surface area contributed by atoms with Crippen LogP contribution in [0.2, 0.25) is 0 Å². The molecule has 1 saturated heterocycles. The number of amides is 1. The highest BCUT2D eigenvalue weighted by atomic mass is 35.5. The van der Waals surface area contributed by atoms with E-state index in [0.29, 0.717) is 6.54 Å². The summed E-state index contributed by atoms with van der Waals surface area (Å²) in [4.78, 5) is 27.1. The molecule has 1 unspecified atom stereocenters. The van der Waals surface area contributed by atoms with E-state index in [0.717, 1.165) is 0 Å². The van der Waals surface area contributed by atoms with Crippen LogP contribution >= 0.6 is 11.6 Å². The first kappa shape index (κ1) is 10.9. The van der Waals surface area contributed by atoms with Crippen molar-refractivity contribution in [1.82, 2.24) is 15.2 Å². The van der Waals surface area contributed by atoms with Crippen LogP contribution in [0.4, 0.5) is 5.95 Å². The number of H-pyrrole nitrogens is 1. The fourth-order valence-electron chi connectivity index (χ4n) is 1.49. The minimum atomic E-state index is -1.01. The maximum atomic E-state index is 11.4. The van der Waals surface area contributed by atoms with Crippen molar-refractivity contribution in [3.05, 3.63) is 5.82 Å². The Morgan fingerprint density at radius 2 is 2.44 bits per heavy atom. The standard InChI is InChI=1S/C8H9ClN4O3/c9-4-1-6(14)13(3-4)8-10-5(11-12-8)2-7(15)16/h4H,1-3H2,(H,15,16)(H,10,11,12). The molecule has 86 valence electrons. The summed E-state index contributed by atoms with van der Waals surface area (Å²) in [5, 5.41) is 14.6. The zero-order valence-electron chi connectivity index (χ0n) is 8.18. The van der Waals surface area contributed by atoms with Gasteiger partial charge in [-0.3, -0.25) is 19.6 Å². The zero-order valence-corrected chi connectivity index (χ0v) is 8.94. The van der Waals surface area contributed by atoms with Crippen molar-refractivity contribution in [1.29, 1.82) is 0 Å². The first-order valence-corrected chi connectivity index (χ1v) is 5.07. The Hall–Kier alpha value is -1.63. The van der Waals surface area contributed by atoms with Gasteiger partial charge in [0.2, 0.25) is 5.91 Å². The number of hydrogen-bond donors (Lipinski definition) is 2. The lowest BCUT2D eigenvalue weighted by molar-refractivity contribution is -0.136. The van der Waals surface area contributed by atoms with Crippen molar-refractivity contribution in [3.8, 4) is 0 Å². The number of aromatic nitrogens is 3. The van der Waals surface area contributed by atoms with E-state index < -0.39 is 5.97 Å². The fraction of sp³-hybridized carbons (Fsp3) is 0.500. The minimum absolute atomic E-state index is 0.152. The van der Waals surface area contributed by atoms with Crippen molar-refractivity contribution in [2.45, 2.75) is 18.2 Å². The quantitative estimate of drug-likeness (QED) is 0.716. The van der Waals surface area contributed by atoms with E-state index in [-0.39, 0.29) is 35.9 Å². The van der Waals surface area contributed by atoms with Gasteiger partial charge in [-0.2, -0.15) is 4.98 Å². The summed E-state index contributed by atoms with van der Waals surface area (Å²) < 4.78 is 0. The van der Waals surface area contributed by atoms with Crippen LogP contribution in [0.5, 0.6) is 0 Å². The number of alkyl halides is 1. The topological polar surface area (TPSA) is 99.2 Å². The first-order valence-electron chi connectivity index (χ1n) is 4.64. The van der Waals surface area contributed by atoms with E-state index in [1.165, 1.54) is 4.90 Å². The molecular weight excluding hydrogens is 236 g/mol. The van der Waals surface area contributed by atoms with Crippen LogP contribution in [-0.4, -0.2) is 44.1 Å². The van der Waals surface area contributed by atoms with Crippen molar-refractivity contribution in [2.75, 3.05) is 11.4 Å². The number of halogens is 1. The summed E-state index contributed by atoms with van der Waals surface area (Å²) in [5.41, 5.74) is 0. The molecule has 1 aliphatic heterocycles. The largest absolute Gasteiger partial charge is 0.481 e. The van der Waals surface area contributed by atoms with Crippen LogP contribution in [0.1, 0.15) is 12.2 Å². The molecule has 0 saturated carbocycles. The molecule has 1 atom stereocenters. The third-order valence-electron chi connectivity index (χ3n) is 2.16. The molecule has 1 aromatic rings. The Kier molecular flexibility index (Phi) is 2.78. The van der Waals surface area contributed by atoms with E-state index in [1.54, 1.807) is 0 Å². The monoisotopic (exact) mass is 244 g/mol. The van der Waals surface area contributed by atoms with E-state index in [9.17, 15) is 9.59 Å². The molecule has 2 N–H and O–H groups in total.